The molecule has 0 spiro atoms. The second-order valence-electron chi connectivity index (χ2n) is 9.02. The van der Waals surface area contributed by atoms with E-state index < -0.39 is 13.9 Å². The van der Waals surface area contributed by atoms with E-state index in [0.29, 0.717) is 24.1 Å². The molecule has 0 fully saturated rings. The zero-order chi connectivity index (χ0) is 23.6. The highest BCUT2D eigenvalue weighted by atomic mass is 31.2. The first kappa shape index (κ1) is 30.5. The maximum atomic E-state index is 12.1. The van der Waals surface area contributed by atoms with Crippen LogP contribution in [0.3, 0.4) is 0 Å². The van der Waals surface area contributed by atoms with E-state index in [1.54, 1.807) is 0 Å². The number of phosphoric acid groups is 1. The van der Waals surface area contributed by atoms with Crippen LogP contribution in [0.5, 0.6) is 0 Å². The Morgan fingerprint density at radius 1 is 0.871 bits per heavy atom. The van der Waals surface area contributed by atoms with Crippen LogP contribution in [0.2, 0.25) is 0 Å². The minimum atomic E-state index is -4.22. The molecule has 0 radical (unpaired) electrons. The maximum Gasteiger partial charge on any atom is 0.472 e. The summed E-state index contributed by atoms with van der Waals surface area (Å²) >= 11 is 0. The zero-order valence-corrected chi connectivity index (χ0v) is 21.4. The minimum Gasteiger partial charge on any atom is -0.457 e. The van der Waals surface area contributed by atoms with Gasteiger partial charge in [-0.2, -0.15) is 0 Å². The lowest BCUT2D eigenvalue weighted by molar-refractivity contribution is -0.870. The van der Waals surface area contributed by atoms with Gasteiger partial charge in [0.1, 0.15) is 19.3 Å². The fourth-order valence-electron chi connectivity index (χ4n) is 2.70. The van der Waals surface area contributed by atoms with E-state index in [2.05, 4.69) is 6.92 Å². The molecule has 31 heavy (non-hydrogen) atoms. The van der Waals surface area contributed by atoms with E-state index in [0.717, 1.165) is 25.7 Å². The summed E-state index contributed by atoms with van der Waals surface area (Å²) in [6.07, 6.45) is 9.49. The standard InChI is InChI=1S/C22H46NO7P/c1-6-8-10-11-12-13-14-17-27-19-21(30-22(24)15-9-7-2)20-29-31(25,26)28-18-16-23(3,4)5/h21H,6-20H2,1-5H3/p+1. The van der Waals surface area contributed by atoms with Crippen molar-refractivity contribution in [3.63, 3.8) is 0 Å². The number of hydrogen-bond acceptors (Lipinski definition) is 6. The number of hydrogen-bond donors (Lipinski definition) is 1. The SMILES string of the molecule is CCCCCCCCCOCC(COP(=O)(O)OCC[N+](C)(C)C)OC(=O)CCCC. The third-order valence-corrected chi connectivity index (χ3v) is 5.65. The molecule has 0 aromatic rings. The molecule has 1 N–H and O–H groups in total. The highest BCUT2D eigenvalue weighted by molar-refractivity contribution is 7.47. The summed E-state index contributed by atoms with van der Waals surface area (Å²) in [5.74, 6) is -0.353. The number of carbonyl (C=O) groups is 1. The average Bonchev–Trinajstić information content (AvgIpc) is 2.67. The van der Waals surface area contributed by atoms with Gasteiger partial charge in [-0.3, -0.25) is 13.8 Å². The first-order valence-corrected chi connectivity index (χ1v) is 13.3. The fourth-order valence-corrected chi connectivity index (χ4v) is 3.44. The van der Waals surface area contributed by atoms with E-state index in [-0.39, 0.29) is 25.8 Å². The van der Waals surface area contributed by atoms with Crippen molar-refractivity contribution < 1.29 is 37.3 Å². The summed E-state index contributed by atoms with van der Waals surface area (Å²) in [4.78, 5) is 21.9. The molecule has 9 heteroatoms. The monoisotopic (exact) mass is 468 g/mol. The summed E-state index contributed by atoms with van der Waals surface area (Å²) in [5, 5.41) is 0. The summed E-state index contributed by atoms with van der Waals surface area (Å²) in [7, 11) is 1.66. The molecule has 0 saturated heterocycles. The number of likely N-dealkylation sites (N-methyl/N-ethyl adjacent to an activating group) is 1. The Bertz CT molecular complexity index is 497. The highest BCUT2D eigenvalue weighted by Crippen LogP contribution is 2.43. The molecule has 0 amide bonds. The van der Waals surface area contributed by atoms with Crippen molar-refractivity contribution >= 4 is 13.8 Å². The Kier molecular flexibility index (Phi) is 17.7. The lowest BCUT2D eigenvalue weighted by Gasteiger charge is -2.24. The van der Waals surface area contributed by atoms with Crippen LogP contribution in [0, 0.1) is 0 Å². The van der Waals surface area contributed by atoms with Crippen LogP contribution < -0.4 is 0 Å². The van der Waals surface area contributed by atoms with E-state index >= 15 is 0 Å². The Morgan fingerprint density at radius 3 is 2.10 bits per heavy atom. The van der Waals surface area contributed by atoms with Crippen molar-refractivity contribution in [1.29, 1.82) is 0 Å². The van der Waals surface area contributed by atoms with E-state index in [9.17, 15) is 14.3 Å². The van der Waals surface area contributed by atoms with Crippen molar-refractivity contribution in [2.75, 3.05) is 54.1 Å². The molecule has 0 aromatic heterocycles. The van der Waals surface area contributed by atoms with Crippen LogP contribution in [-0.4, -0.2) is 75.6 Å². The number of carbonyl (C=O) groups excluding carboxylic acids is 1. The van der Waals surface area contributed by atoms with Crippen molar-refractivity contribution in [2.24, 2.45) is 0 Å². The number of rotatable bonds is 21. The molecule has 0 heterocycles. The smallest absolute Gasteiger partial charge is 0.457 e. The second-order valence-corrected chi connectivity index (χ2v) is 10.5. The molecule has 0 saturated carbocycles. The van der Waals surface area contributed by atoms with Crippen LogP contribution in [0.1, 0.15) is 78.1 Å². The van der Waals surface area contributed by atoms with Gasteiger partial charge in [0.2, 0.25) is 0 Å². The molecule has 0 aromatic carbocycles. The summed E-state index contributed by atoms with van der Waals surface area (Å²) in [6, 6.07) is 0. The number of phosphoric ester groups is 1. The van der Waals surface area contributed by atoms with E-state index in [4.69, 9.17) is 18.5 Å². The number of quaternary nitrogens is 1. The van der Waals surface area contributed by atoms with Gasteiger partial charge in [0.15, 0.2) is 0 Å². The van der Waals surface area contributed by atoms with Crippen LogP contribution in [0.15, 0.2) is 0 Å². The molecule has 0 rings (SSSR count). The Morgan fingerprint density at radius 2 is 1.48 bits per heavy atom. The summed E-state index contributed by atoms with van der Waals surface area (Å²) in [5.41, 5.74) is 0. The zero-order valence-electron chi connectivity index (χ0n) is 20.5. The molecular formula is C22H47NO7P+. The number of esters is 1. The third-order valence-electron chi connectivity index (χ3n) is 4.67. The van der Waals surface area contributed by atoms with Crippen molar-refractivity contribution in [3.8, 4) is 0 Å². The van der Waals surface area contributed by atoms with Gasteiger partial charge in [0, 0.05) is 13.0 Å². The van der Waals surface area contributed by atoms with E-state index in [1.165, 1.54) is 32.1 Å². The summed E-state index contributed by atoms with van der Waals surface area (Å²) in [6.45, 7) is 5.30. The predicted molar refractivity (Wildman–Crippen MR) is 123 cm³/mol. The van der Waals surface area contributed by atoms with Gasteiger partial charge in [-0.1, -0.05) is 58.8 Å². The van der Waals surface area contributed by atoms with Crippen molar-refractivity contribution in [3.05, 3.63) is 0 Å². The van der Waals surface area contributed by atoms with Crippen LogP contribution >= 0.6 is 7.82 Å². The topological polar surface area (TPSA) is 91.3 Å². The largest absolute Gasteiger partial charge is 0.472 e. The lowest BCUT2D eigenvalue weighted by Crippen LogP contribution is -2.37. The quantitative estimate of drug-likeness (QED) is 0.113. The van der Waals surface area contributed by atoms with Gasteiger partial charge in [0.05, 0.1) is 34.4 Å². The van der Waals surface area contributed by atoms with Gasteiger partial charge in [-0.15, -0.1) is 0 Å². The van der Waals surface area contributed by atoms with E-state index in [1.807, 2.05) is 28.1 Å². The van der Waals surface area contributed by atoms with Crippen molar-refractivity contribution in [2.45, 2.75) is 84.2 Å². The molecule has 0 bridgehead atoms. The third kappa shape index (κ3) is 21.1. The Hall–Kier alpha value is -0.500. The molecular weight excluding hydrogens is 421 g/mol. The number of ether oxygens (including phenoxy) is 2. The molecule has 186 valence electrons. The first-order valence-electron chi connectivity index (χ1n) is 11.8. The van der Waals surface area contributed by atoms with Crippen LogP contribution in [0.4, 0.5) is 0 Å². The second kappa shape index (κ2) is 18.0. The summed E-state index contributed by atoms with van der Waals surface area (Å²) < 4.78 is 33.8. The fraction of sp³-hybridized carbons (Fsp3) is 0.955. The van der Waals surface area contributed by atoms with Gasteiger partial charge < -0.3 is 18.9 Å². The van der Waals surface area contributed by atoms with Crippen LogP contribution in [0.25, 0.3) is 0 Å². The normalized spacial score (nSPS) is 14.9. The highest BCUT2D eigenvalue weighted by Gasteiger charge is 2.26. The van der Waals surface area contributed by atoms with Crippen molar-refractivity contribution in [1.82, 2.24) is 0 Å². The molecule has 2 unspecified atom stereocenters. The predicted octanol–water partition coefficient (Wildman–Crippen LogP) is 4.70. The van der Waals surface area contributed by atoms with Gasteiger partial charge >= 0.3 is 13.8 Å². The van der Waals surface area contributed by atoms with Gasteiger partial charge in [0.25, 0.3) is 0 Å². The first-order chi connectivity index (χ1) is 14.6. The Labute approximate surface area is 189 Å². The lowest BCUT2D eigenvalue weighted by atomic mass is 10.1. The maximum absolute atomic E-state index is 12.1. The molecule has 0 aliphatic carbocycles. The van der Waals surface area contributed by atoms with Gasteiger partial charge in [-0.25, -0.2) is 4.57 Å². The number of nitrogens with zero attached hydrogens (tertiary/aromatic N) is 1. The molecule has 0 aliphatic rings. The average molecular weight is 469 g/mol. The van der Waals surface area contributed by atoms with Gasteiger partial charge in [-0.05, 0) is 12.8 Å². The van der Waals surface area contributed by atoms with Crippen LogP contribution in [-0.2, 0) is 27.9 Å². The minimum absolute atomic E-state index is 0.0903. The molecule has 2 atom stereocenters. The number of unbranched alkanes of at least 4 members (excludes halogenated alkanes) is 7. The molecule has 0 aliphatic heterocycles. The molecule has 8 nitrogen and oxygen atoms in total. The Balaban J connectivity index is 4.33.